The molecule has 0 spiro atoms. The molecule has 0 aromatic carbocycles. The molecule has 2 aliphatic rings. The molecule has 2 fully saturated rings. The molecule has 2 unspecified atom stereocenters. The summed E-state index contributed by atoms with van der Waals surface area (Å²) >= 11 is 0. The van der Waals surface area contributed by atoms with Gasteiger partial charge in [-0.05, 0) is 32.9 Å². The third-order valence-corrected chi connectivity index (χ3v) is 4.46. The fourth-order valence-corrected chi connectivity index (χ4v) is 3.25. The number of carboxylic acid groups (broad SMARTS) is 1. The summed E-state index contributed by atoms with van der Waals surface area (Å²) in [5.41, 5.74) is 0. The van der Waals surface area contributed by atoms with Crippen molar-refractivity contribution in [2.75, 3.05) is 33.3 Å². The summed E-state index contributed by atoms with van der Waals surface area (Å²) in [7, 11) is 1.56. The van der Waals surface area contributed by atoms with E-state index >= 15 is 0 Å². The second-order valence-corrected chi connectivity index (χ2v) is 5.65. The fourth-order valence-electron chi connectivity index (χ4n) is 3.25. The number of amides is 2. The van der Waals surface area contributed by atoms with Gasteiger partial charge < -0.3 is 25.0 Å². The Hall–Kier alpha value is -1.34. The van der Waals surface area contributed by atoms with Gasteiger partial charge in [-0.1, -0.05) is 0 Å². The van der Waals surface area contributed by atoms with Crippen LogP contribution >= 0.6 is 0 Å². The SMILES string of the molecule is CCN(C(=O)N1CC(OC)CC1C(=O)O)C1CCNCC1. The molecule has 2 rings (SSSR count). The Labute approximate surface area is 125 Å². The molecule has 7 heteroatoms. The molecule has 0 radical (unpaired) electrons. The van der Waals surface area contributed by atoms with E-state index in [-0.39, 0.29) is 18.2 Å². The first kappa shape index (κ1) is 16.0. The van der Waals surface area contributed by atoms with Crippen LogP contribution in [0, 0.1) is 0 Å². The molecule has 2 atom stereocenters. The first-order valence-electron chi connectivity index (χ1n) is 7.62. The molecule has 2 heterocycles. The molecular formula is C14H25N3O4. The highest BCUT2D eigenvalue weighted by atomic mass is 16.5. The first-order chi connectivity index (χ1) is 10.1. The Morgan fingerprint density at radius 3 is 2.57 bits per heavy atom. The lowest BCUT2D eigenvalue weighted by Crippen LogP contribution is -2.53. The zero-order valence-electron chi connectivity index (χ0n) is 12.7. The first-order valence-corrected chi connectivity index (χ1v) is 7.62. The zero-order chi connectivity index (χ0) is 15.4. The summed E-state index contributed by atoms with van der Waals surface area (Å²) in [6.07, 6.45) is 2.00. The van der Waals surface area contributed by atoms with Crippen molar-refractivity contribution in [2.24, 2.45) is 0 Å². The van der Waals surface area contributed by atoms with Crippen molar-refractivity contribution in [3.05, 3.63) is 0 Å². The van der Waals surface area contributed by atoms with Crippen LogP contribution in [0.25, 0.3) is 0 Å². The maximum absolute atomic E-state index is 12.8. The third-order valence-electron chi connectivity index (χ3n) is 4.46. The van der Waals surface area contributed by atoms with Crippen molar-refractivity contribution >= 4 is 12.0 Å². The molecule has 2 amide bonds. The number of carbonyl (C=O) groups excluding carboxylic acids is 1. The Morgan fingerprint density at radius 1 is 1.38 bits per heavy atom. The van der Waals surface area contributed by atoms with Crippen LogP contribution in [0.3, 0.4) is 0 Å². The van der Waals surface area contributed by atoms with Gasteiger partial charge in [0, 0.05) is 32.7 Å². The number of urea groups is 1. The maximum atomic E-state index is 12.8. The fraction of sp³-hybridized carbons (Fsp3) is 0.857. The van der Waals surface area contributed by atoms with Crippen molar-refractivity contribution in [2.45, 2.75) is 44.4 Å². The monoisotopic (exact) mass is 299 g/mol. The number of nitrogens with zero attached hydrogens (tertiary/aromatic N) is 2. The van der Waals surface area contributed by atoms with E-state index in [9.17, 15) is 14.7 Å². The number of hydrogen-bond donors (Lipinski definition) is 2. The van der Waals surface area contributed by atoms with Gasteiger partial charge in [-0.15, -0.1) is 0 Å². The van der Waals surface area contributed by atoms with E-state index in [1.165, 1.54) is 4.90 Å². The van der Waals surface area contributed by atoms with Crippen molar-refractivity contribution in [3.8, 4) is 0 Å². The number of rotatable bonds is 4. The topological polar surface area (TPSA) is 82.1 Å². The second-order valence-electron chi connectivity index (χ2n) is 5.65. The van der Waals surface area contributed by atoms with E-state index < -0.39 is 12.0 Å². The summed E-state index contributed by atoms with van der Waals surface area (Å²) in [5.74, 6) is -0.954. The molecule has 120 valence electrons. The lowest BCUT2D eigenvalue weighted by atomic mass is 10.1. The van der Waals surface area contributed by atoms with E-state index in [2.05, 4.69) is 5.32 Å². The summed E-state index contributed by atoms with van der Waals surface area (Å²) in [4.78, 5) is 27.4. The number of nitrogens with one attached hydrogen (secondary N) is 1. The minimum Gasteiger partial charge on any atom is -0.480 e. The number of hydrogen-bond acceptors (Lipinski definition) is 4. The predicted molar refractivity (Wildman–Crippen MR) is 77.2 cm³/mol. The maximum Gasteiger partial charge on any atom is 0.326 e. The summed E-state index contributed by atoms with van der Waals surface area (Å²) in [5, 5.41) is 12.6. The quantitative estimate of drug-likeness (QED) is 0.783. The van der Waals surface area contributed by atoms with Crippen molar-refractivity contribution in [1.29, 1.82) is 0 Å². The average Bonchev–Trinajstić information content (AvgIpc) is 2.93. The Bertz CT molecular complexity index is 384. The number of aliphatic carboxylic acids is 1. The molecule has 0 bridgehead atoms. The Morgan fingerprint density at radius 2 is 2.05 bits per heavy atom. The number of likely N-dealkylation sites (tertiary alicyclic amines) is 1. The normalized spacial score (nSPS) is 26.9. The number of carboxylic acids is 1. The summed E-state index contributed by atoms with van der Waals surface area (Å²) in [6.45, 7) is 4.70. The van der Waals surface area contributed by atoms with Crippen LogP contribution < -0.4 is 5.32 Å². The van der Waals surface area contributed by atoms with Crippen molar-refractivity contribution < 1.29 is 19.4 Å². The molecule has 2 aliphatic heterocycles. The number of carbonyl (C=O) groups is 2. The highest BCUT2D eigenvalue weighted by Gasteiger charge is 2.42. The van der Waals surface area contributed by atoms with Gasteiger partial charge in [-0.25, -0.2) is 9.59 Å². The van der Waals surface area contributed by atoms with Gasteiger partial charge in [-0.2, -0.15) is 0 Å². The number of ether oxygens (including phenoxy) is 1. The molecule has 0 aromatic heterocycles. The molecule has 21 heavy (non-hydrogen) atoms. The van der Waals surface area contributed by atoms with Crippen LogP contribution in [-0.4, -0.2) is 78.4 Å². The van der Waals surface area contributed by atoms with Crippen LogP contribution in [-0.2, 0) is 9.53 Å². The van der Waals surface area contributed by atoms with Crippen LogP contribution in [0.1, 0.15) is 26.2 Å². The Balaban J connectivity index is 2.09. The Kier molecular flexibility index (Phi) is 5.41. The van der Waals surface area contributed by atoms with Gasteiger partial charge in [0.15, 0.2) is 0 Å². The molecule has 0 saturated carbocycles. The zero-order valence-corrected chi connectivity index (χ0v) is 12.7. The van der Waals surface area contributed by atoms with Gasteiger partial charge in [0.1, 0.15) is 6.04 Å². The third kappa shape index (κ3) is 3.47. The van der Waals surface area contributed by atoms with E-state index in [4.69, 9.17) is 4.74 Å². The smallest absolute Gasteiger partial charge is 0.326 e. The van der Waals surface area contributed by atoms with Crippen LogP contribution in [0.5, 0.6) is 0 Å². The van der Waals surface area contributed by atoms with Gasteiger partial charge in [0.2, 0.25) is 0 Å². The predicted octanol–water partition coefficient (Wildman–Crippen LogP) is 0.354. The van der Waals surface area contributed by atoms with Crippen LogP contribution in [0.4, 0.5) is 4.79 Å². The van der Waals surface area contributed by atoms with E-state index in [1.54, 1.807) is 7.11 Å². The minimum absolute atomic E-state index is 0.170. The molecule has 2 saturated heterocycles. The minimum atomic E-state index is -0.954. The van der Waals surface area contributed by atoms with E-state index in [0.717, 1.165) is 25.9 Å². The van der Waals surface area contributed by atoms with Gasteiger partial charge >= 0.3 is 12.0 Å². The number of piperidine rings is 1. The second kappa shape index (κ2) is 7.09. The molecule has 7 nitrogen and oxygen atoms in total. The van der Waals surface area contributed by atoms with Crippen molar-refractivity contribution in [3.63, 3.8) is 0 Å². The molecular weight excluding hydrogens is 274 g/mol. The van der Waals surface area contributed by atoms with Crippen LogP contribution in [0.2, 0.25) is 0 Å². The van der Waals surface area contributed by atoms with E-state index in [0.29, 0.717) is 19.5 Å². The highest BCUT2D eigenvalue weighted by molar-refractivity contribution is 5.83. The van der Waals surface area contributed by atoms with Gasteiger partial charge in [0.25, 0.3) is 0 Å². The number of methoxy groups -OCH3 is 1. The van der Waals surface area contributed by atoms with Crippen LogP contribution in [0.15, 0.2) is 0 Å². The molecule has 0 aliphatic carbocycles. The molecule has 0 aromatic rings. The largest absolute Gasteiger partial charge is 0.480 e. The summed E-state index contributed by atoms with van der Waals surface area (Å²) < 4.78 is 5.25. The highest BCUT2D eigenvalue weighted by Crippen LogP contribution is 2.24. The van der Waals surface area contributed by atoms with Gasteiger partial charge in [0.05, 0.1) is 6.10 Å². The molecule has 2 N–H and O–H groups in total. The lowest BCUT2D eigenvalue weighted by molar-refractivity contribution is -0.141. The van der Waals surface area contributed by atoms with Crippen molar-refractivity contribution in [1.82, 2.24) is 15.1 Å². The summed E-state index contributed by atoms with van der Waals surface area (Å²) in [6, 6.07) is -0.755. The average molecular weight is 299 g/mol. The van der Waals surface area contributed by atoms with E-state index in [1.807, 2.05) is 11.8 Å². The standard InChI is InChI=1S/C14H25N3O4/c1-3-16(10-4-6-15-7-5-10)14(20)17-9-11(21-2)8-12(17)13(18)19/h10-12,15H,3-9H2,1-2H3,(H,18,19). The van der Waals surface area contributed by atoms with Gasteiger partial charge in [-0.3, -0.25) is 0 Å². The lowest BCUT2D eigenvalue weighted by Gasteiger charge is -2.37.